The number of hydrogen-bond donors (Lipinski definition) is 0. The lowest BCUT2D eigenvalue weighted by Crippen LogP contribution is -2.17. The Bertz CT molecular complexity index is 81.0. The van der Waals surface area contributed by atoms with Gasteiger partial charge in [-0.25, -0.2) is 0 Å². The second-order valence-corrected chi connectivity index (χ2v) is 6.90. The van der Waals surface area contributed by atoms with Crippen molar-refractivity contribution in [3.05, 3.63) is 12.7 Å². The fourth-order valence-corrected chi connectivity index (χ4v) is 1.60. The average molecular weight is 163 g/mol. The van der Waals surface area contributed by atoms with E-state index >= 15 is 0 Å². The predicted octanol–water partition coefficient (Wildman–Crippen LogP) is 2.59. The summed E-state index contributed by atoms with van der Waals surface area (Å²) in [4.78, 5) is 0. The van der Waals surface area contributed by atoms with Crippen molar-refractivity contribution in [1.82, 2.24) is 0 Å². The van der Waals surface area contributed by atoms with Crippen LogP contribution in [0.3, 0.4) is 0 Å². The van der Waals surface area contributed by atoms with Crippen LogP contribution in [0.2, 0.25) is 13.1 Å². The number of rotatable bonds is 4. The maximum atomic E-state index is 6.01. The van der Waals surface area contributed by atoms with E-state index in [2.05, 4.69) is 19.7 Å². The van der Waals surface area contributed by atoms with Crippen LogP contribution in [0.1, 0.15) is 12.8 Å². The highest BCUT2D eigenvalue weighted by atomic mass is 35.5. The minimum Gasteiger partial charge on any atom is -0.127 e. The molecule has 0 spiro atoms. The molecule has 0 fully saturated rings. The molecule has 1 atom stereocenters. The Balaban J connectivity index is 3.26. The highest BCUT2D eigenvalue weighted by Crippen LogP contribution is 2.08. The molecule has 0 heterocycles. The molecule has 0 amide bonds. The summed E-state index contributed by atoms with van der Waals surface area (Å²) in [6, 6.07) is 0. The summed E-state index contributed by atoms with van der Waals surface area (Å²) in [5.74, 6) is 0. The van der Waals surface area contributed by atoms with E-state index in [1.165, 1.54) is 0 Å². The number of halogens is 1. The van der Waals surface area contributed by atoms with Crippen molar-refractivity contribution in [1.29, 1.82) is 0 Å². The van der Waals surface area contributed by atoms with Crippen molar-refractivity contribution in [2.75, 3.05) is 0 Å². The Kier molecular flexibility index (Phi) is 5.20. The zero-order valence-corrected chi connectivity index (χ0v) is 8.14. The van der Waals surface area contributed by atoms with Crippen molar-refractivity contribution in [3.63, 3.8) is 0 Å². The van der Waals surface area contributed by atoms with Crippen LogP contribution in [-0.2, 0) is 0 Å². The molecule has 0 N–H and O–H groups in total. The van der Waals surface area contributed by atoms with Gasteiger partial charge in [0.05, 0.1) is 8.80 Å². The van der Waals surface area contributed by atoms with Crippen LogP contribution >= 0.6 is 11.6 Å². The van der Waals surface area contributed by atoms with Crippen molar-refractivity contribution in [2.24, 2.45) is 0 Å². The van der Waals surface area contributed by atoms with Crippen LogP contribution in [0.15, 0.2) is 12.7 Å². The molecule has 9 heavy (non-hydrogen) atoms. The molecular formula is C7H15ClSi. The zero-order valence-electron chi connectivity index (χ0n) is 6.23. The quantitative estimate of drug-likeness (QED) is 0.339. The van der Waals surface area contributed by atoms with Crippen LogP contribution in [-0.4, -0.2) is 13.8 Å². The first-order valence-corrected chi connectivity index (χ1v) is 6.84. The lowest BCUT2D eigenvalue weighted by atomic mass is 10.3. The predicted molar refractivity (Wildman–Crippen MR) is 47.9 cm³/mol. The molecular weight excluding hydrogens is 148 g/mol. The van der Waals surface area contributed by atoms with Crippen LogP contribution in [0.4, 0.5) is 0 Å². The molecule has 0 bridgehead atoms. The van der Waals surface area contributed by atoms with E-state index in [0.717, 1.165) is 12.8 Å². The lowest BCUT2D eigenvalue weighted by Gasteiger charge is -2.09. The molecule has 0 aliphatic carbocycles. The average Bonchev–Trinajstić information content (AvgIpc) is 1.82. The molecule has 2 heteroatoms. The van der Waals surface area contributed by atoms with E-state index < -0.39 is 8.80 Å². The van der Waals surface area contributed by atoms with Gasteiger partial charge in [-0.3, -0.25) is 0 Å². The maximum absolute atomic E-state index is 6.01. The second kappa shape index (κ2) is 5.07. The molecule has 0 rings (SSSR count). The van der Waals surface area contributed by atoms with Crippen LogP contribution in [0.5, 0.6) is 0 Å². The summed E-state index contributed by atoms with van der Waals surface area (Å²) >= 11 is 6.01. The van der Waals surface area contributed by atoms with Crippen LogP contribution in [0, 0.1) is 0 Å². The third kappa shape index (κ3) is 4.73. The van der Waals surface area contributed by atoms with Crippen molar-refractivity contribution in [2.45, 2.75) is 30.9 Å². The highest BCUT2D eigenvalue weighted by molar-refractivity contribution is 6.67. The Morgan fingerprint density at radius 3 is 2.56 bits per heavy atom. The van der Waals surface area contributed by atoms with E-state index in [-0.39, 0.29) is 0 Å². The summed E-state index contributed by atoms with van der Waals surface area (Å²) in [5, 5.41) is 0.461. The lowest BCUT2D eigenvalue weighted by molar-refractivity contribution is 0.912. The Morgan fingerprint density at radius 2 is 2.22 bits per heavy atom. The van der Waals surface area contributed by atoms with E-state index in [0.29, 0.717) is 5.00 Å². The van der Waals surface area contributed by atoms with Gasteiger partial charge < -0.3 is 0 Å². The number of hydrogen-bond acceptors (Lipinski definition) is 0. The Morgan fingerprint density at radius 1 is 1.67 bits per heavy atom. The standard InChI is InChI=1S/C7H15ClSi/c1-4-5-6-7(8)9(2)3/h4,7,9H,1,5-6H2,2-3H3. The molecule has 0 saturated carbocycles. The Hall–Kier alpha value is 0.247. The van der Waals surface area contributed by atoms with Crippen molar-refractivity contribution in [3.8, 4) is 0 Å². The highest BCUT2D eigenvalue weighted by Gasteiger charge is 2.08. The van der Waals surface area contributed by atoms with E-state index in [9.17, 15) is 0 Å². The minimum absolute atomic E-state index is 0.461. The van der Waals surface area contributed by atoms with Gasteiger partial charge in [0.15, 0.2) is 0 Å². The fourth-order valence-electron chi connectivity index (χ4n) is 0.610. The maximum Gasteiger partial charge on any atom is 0.0519 e. The fraction of sp³-hybridized carbons (Fsp3) is 0.714. The number of allylic oxidation sites excluding steroid dienone is 1. The zero-order chi connectivity index (χ0) is 7.28. The van der Waals surface area contributed by atoms with Crippen molar-refractivity contribution >= 4 is 20.4 Å². The topological polar surface area (TPSA) is 0 Å². The molecule has 0 aromatic carbocycles. The first kappa shape index (κ1) is 9.25. The first-order chi connectivity index (χ1) is 4.18. The van der Waals surface area contributed by atoms with E-state index in [4.69, 9.17) is 11.6 Å². The molecule has 0 saturated heterocycles. The normalized spacial score (nSPS) is 13.8. The molecule has 0 aliphatic heterocycles. The monoisotopic (exact) mass is 162 g/mol. The SMILES string of the molecule is C=CCCC(Cl)[SiH](C)C. The molecule has 54 valence electrons. The molecule has 0 aromatic heterocycles. The summed E-state index contributed by atoms with van der Waals surface area (Å²) < 4.78 is 0. The molecule has 0 radical (unpaired) electrons. The van der Waals surface area contributed by atoms with Gasteiger partial charge in [0.1, 0.15) is 0 Å². The second-order valence-electron chi connectivity index (χ2n) is 2.63. The van der Waals surface area contributed by atoms with Gasteiger partial charge >= 0.3 is 0 Å². The van der Waals surface area contributed by atoms with Crippen LogP contribution in [0.25, 0.3) is 0 Å². The minimum atomic E-state index is -0.579. The van der Waals surface area contributed by atoms with E-state index in [1.54, 1.807) is 0 Å². The summed E-state index contributed by atoms with van der Waals surface area (Å²) in [5.41, 5.74) is 0. The van der Waals surface area contributed by atoms with Gasteiger partial charge in [0.25, 0.3) is 0 Å². The molecule has 0 aromatic rings. The van der Waals surface area contributed by atoms with Gasteiger partial charge in [-0.2, -0.15) is 0 Å². The summed E-state index contributed by atoms with van der Waals surface area (Å²) in [6.45, 7) is 8.21. The van der Waals surface area contributed by atoms with Gasteiger partial charge in [-0.15, -0.1) is 18.2 Å². The first-order valence-electron chi connectivity index (χ1n) is 3.43. The molecule has 0 nitrogen and oxygen atoms in total. The Labute approximate surface area is 64.5 Å². The van der Waals surface area contributed by atoms with Gasteiger partial charge in [-0.05, 0) is 12.8 Å². The number of alkyl halides is 1. The largest absolute Gasteiger partial charge is 0.127 e. The summed E-state index contributed by atoms with van der Waals surface area (Å²) in [6.07, 6.45) is 4.13. The molecule has 0 aliphatic rings. The molecule has 1 unspecified atom stereocenters. The summed E-state index contributed by atoms with van der Waals surface area (Å²) in [7, 11) is -0.579. The van der Waals surface area contributed by atoms with Gasteiger partial charge in [-0.1, -0.05) is 19.2 Å². The van der Waals surface area contributed by atoms with E-state index in [1.807, 2.05) is 6.08 Å². The van der Waals surface area contributed by atoms with Crippen LogP contribution < -0.4 is 0 Å². The third-order valence-electron chi connectivity index (χ3n) is 1.37. The third-order valence-corrected chi connectivity index (χ3v) is 4.88. The smallest absolute Gasteiger partial charge is 0.0519 e. The van der Waals surface area contributed by atoms with Gasteiger partial charge in [0.2, 0.25) is 0 Å². The van der Waals surface area contributed by atoms with Gasteiger partial charge in [0, 0.05) is 5.00 Å². The van der Waals surface area contributed by atoms with Crippen molar-refractivity contribution < 1.29 is 0 Å².